The molecule has 0 radical (unpaired) electrons. The highest BCUT2D eigenvalue weighted by atomic mass is 16.5. The van der Waals surface area contributed by atoms with E-state index in [-0.39, 0.29) is 5.60 Å². The Balaban J connectivity index is 1.78. The van der Waals surface area contributed by atoms with Gasteiger partial charge in [-0.3, -0.25) is 0 Å². The van der Waals surface area contributed by atoms with E-state index in [2.05, 4.69) is 15.1 Å². The van der Waals surface area contributed by atoms with E-state index in [1.165, 1.54) is 0 Å². The molecule has 0 atom stereocenters. The Bertz CT molecular complexity index is 606. The summed E-state index contributed by atoms with van der Waals surface area (Å²) in [6.07, 6.45) is 4.65. The molecular formula is C15H19N3O3. The van der Waals surface area contributed by atoms with Gasteiger partial charge in [0.05, 0.1) is 19.2 Å². The summed E-state index contributed by atoms with van der Waals surface area (Å²) in [7, 11) is 3.31. The van der Waals surface area contributed by atoms with Crippen LogP contribution in [0.3, 0.4) is 0 Å². The largest absolute Gasteiger partial charge is 0.481 e. The van der Waals surface area contributed by atoms with Gasteiger partial charge in [0.2, 0.25) is 17.6 Å². The van der Waals surface area contributed by atoms with Gasteiger partial charge in [-0.1, -0.05) is 11.2 Å². The lowest BCUT2D eigenvalue weighted by Crippen LogP contribution is -2.26. The fourth-order valence-electron chi connectivity index (χ4n) is 2.80. The monoisotopic (exact) mass is 289 g/mol. The van der Waals surface area contributed by atoms with Crippen molar-refractivity contribution in [3.8, 4) is 5.88 Å². The summed E-state index contributed by atoms with van der Waals surface area (Å²) in [5.41, 5.74) is 0.464. The van der Waals surface area contributed by atoms with E-state index in [1.54, 1.807) is 20.3 Å². The quantitative estimate of drug-likeness (QED) is 0.842. The zero-order valence-corrected chi connectivity index (χ0v) is 12.3. The van der Waals surface area contributed by atoms with Crippen LogP contribution in [-0.2, 0) is 16.8 Å². The molecule has 21 heavy (non-hydrogen) atoms. The fourth-order valence-corrected chi connectivity index (χ4v) is 2.80. The summed E-state index contributed by atoms with van der Waals surface area (Å²) in [5, 5.41) is 4.11. The maximum atomic E-state index is 5.66. The number of methoxy groups -OCH3 is 2. The SMILES string of the molecule is COc1cccc(Cc2nc(C3(OC)CCCC3)no2)n1. The predicted octanol–water partition coefficient (Wildman–Crippen LogP) is 2.48. The standard InChI is InChI=1S/C15H19N3O3/c1-19-12-7-5-6-11(16-12)10-13-17-14(18-21-13)15(20-2)8-3-4-9-15/h5-7H,3-4,8-10H2,1-2H3. The van der Waals surface area contributed by atoms with Gasteiger partial charge in [0, 0.05) is 13.2 Å². The second-order valence-electron chi connectivity index (χ2n) is 5.27. The lowest BCUT2D eigenvalue weighted by Gasteiger charge is -2.22. The smallest absolute Gasteiger partial charge is 0.232 e. The van der Waals surface area contributed by atoms with Crippen molar-refractivity contribution in [1.82, 2.24) is 15.1 Å². The van der Waals surface area contributed by atoms with E-state index >= 15 is 0 Å². The van der Waals surface area contributed by atoms with Crippen LogP contribution in [0, 0.1) is 0 Å². The van der Waals surface area contributed by atoms with E-state index in [0.29, 0.717) is 24.0 Å². The van der Waals surface area contributed by atoms with Crippen molar-refractivity contribution in [3.63, 3.8) is 0 Å². The third-order valence-electron chi connectivity index (χ3n) is 4.00. The lowest BCUT2D eigenvalue weighted by molar-refractivity contribution is -0.0178. The van der Waals surface area contributed by atoms with Gasteiger partial charge >= 0.3 is 0 Å². The molecule has 1 aliphatic carbocycles. The lowest BCUT2D eigenvalue weighted by atomic mass is 10.0. The Morgan fingerprint density at radius 3 is 2.71 bits per heavy atom. The third-order valence-corrected chi connectivity index (χ3v) is 4.00. The van der Waals surface area contributed by atoms with Crippen LogP contribution in [0.15, 0.2) is 22.7 Å². The van der Waals surface area contributed by atoms with E-state index in [9.17, 15) is 0 Å². The number of hydrogen-bond acceptors (Lipinski definition) is 6. The number of pyridine rings is 1. The topological polar surface area (TPSA) is 70.3 Å². The first kappa shape index (κ1) is 14.0. The molecule has 2 aromatic rings. The van der Waals surface area contributed by atoms with Crippen molar-refractivity contribution in [2.45, 2.75) is 37.7 Å². The highest BCUT2D eigenvalue weighted by molar-refractivity contribution is 5.18. The molecule has 0 N–H and O–H groups in total. The Labute approximate surface area is 123 Å². The molecule has 1 saturated carbocycles. The minimum Gasteiger partial charge on any atom is -0.481 e. The maximum absolute atomic E-state index is 5.66. The minimum atomic E-state index is -0.371. The molecule has 1 aliphatic rings. The second-order valence-corrected chi connectivity index (χ2v) is 5.27. The van der Waals surface area contributed by atoms with E-state index in [4.69, 9.17) is 14.0 Å². The van der Waals surface area contributed by atoms with Crippen LogP contribution in [0.2, 0.25) is 0 Å². The fraction of sp³-hybridized carbons (Fsp3) is 0.533. The zero-order chi connectivity index (χ0) is 14.7. The molecule has 0 spiro atoms. The first-order valence-electron chi connectivity index (χ1n) is 7.14. The Morgan fingerprint density at radius 2 is 2.00 bits per heavy atom. The molecule has 3 rings (SSSR count). The van der Waals surface area contributed by atoms with Crippen LogP contribution in [0.25, 0.3) is 0 Å². The maximum Gasteiger partial charge on any atom is 0.232 e. The third kappa shape index (κ3) is 2.76. The minimum absolute atomic E-state index is 0.371. The summed E-state index contributed by atoms with van der Waals surface area (Å²) in [5.74, 6) is 1.78. The van der Waals surface area contributed by atoms with E-state index < -0.39 is 0 Å². The number of rotatable bonds is 5. The van der Waals surface area contributed by atoms with Gasteiger partial charge in [0.1, 0.15) is 5.60 Å². The van der Waals surface area contributed by atoms with Crippen molar-refractivity contribution in [1.29, 1.82) is 0 Å². The van der Waals surface area contributed by atoms with Crippen molar-refractivity contribution in [2.75, 3.05) is 14.2 Å². The normalized spacial score (nSPS) is 17.0. The molecule has 6 nitrogen and oxygen atoms in total. The highest BCUT2D eigenvalue weighted by Gasteiger charge is 2.40. The van der Waals surface area contributed by atoms with Crippen LogP contribution in [-0.4, -0.2) is 29.3 Å². The van der Waals surface area contributed by atoms with Crippen LogP contribution in [0.1, 0.15) is 43.1 Å². The van der Waals surface area contributed by atoms with Crippen LogP contribution >= 0.6 is 0 Å². The molecule has 0 saturated heterocycles. The Morgan fingerprint density at radius 1 is 1.19 bits per heavy atom. The van der Waals surface area contributed by atoms with E-state index in [0.717, 1.165) is 31.4 Å². The van der Waals surface area contributed by atoms with Crippen LogP contribution < -0.4 is 4.74 Å². The molecule has 6 heteroatoms. The molecular weight excluding hydrogens is 270 g/mol. The molecule has 0 unspecified atom stereocenters. The average molecular weight is 289 g/mol. The van der Waals surface area contributed by atoms with Gasteiger partial charge in [-0.25, -0.2) is 4.98 Å². The second kappa shape index (κ2) is 5.81. The molecule has 0 aromatic carbocycles. The van der Waals surface area contributed by atoms with Gasteiger partial charge in [-0.15, -0.1) is 0 Å². The van der Waals surface area contributed by atoms with Gasteiger partial charge in [0.25, 0.3) is 0 Å². The molecule has 2 heterocycles. The summed E-state index contributed by atoms with van der Waals surface area (Å²) in [6.45, 7) is 0. The molecule has 112 valence electrons. The number of ether oxygens (including phenoxy) is 2. The van der Waals surface area contributed by atoms with E-state index in [1.807, 2.05) is 12.1 Å². The first-order chi connectivity index (χ1) is 10.3. The summed E-state index contributed by atoms with van der Waals surface area (Å²) >= 11 is 0. The molecule has 0 amide bonds. The van der Waals surface area contributed by atoms with Crippen LogP contribution in [0.4, 0.5) is 0 Å². The molecule has 0 bridgehead atoms. The van der Waals surface area contributed by atoms with Crippen LogP contribution in [0.5, 0.6) is 5.88 Å². The van der Waals surface area contributed by atoms with Gasteiger partial charge in [-0.2, -0.15) is 4.98 Å². The molecule has 1 fully saturated rings. The summed E-state index contributed by atoms with van der Waals surface area (Å²) < 4.78 is 16.1. The number of nitrogens with zero attached hydrogens (tertiary/aromatic N) is 3. The molecule has 2 aromatic heterocycles. The van der Waals surface area contributed by atoms with Crippen molar-refractivity contribution < 1.29 is 14.0 Å². The predicted molar refractivity (Wildman–Crippen MR) is 75.0 cm³/mol. The van der Waals surface area contributed by atoms with Gasteiger partial charge < -0.3 is 14.0 Å². The first-order valence-corrected chi connectivity index (χ1v) is 7.14. The van der Waals surface area contributed by atoms with Crippen molar-refractivity contribution in [3.05, 3.63) is 35.6 Å². The number of hydrogen-bond donors (Lipinski definition) is 0. The zero-order valence-electron chi connectivity index (χ0n) is 12.3. The Hall–Kier alpha value is -1.95. The molecule has 0 aliphatic heterocycles. The average Bonchev–Trinajstić information content (AvgIpc) is 3.17. The summed E-state index contributed by atoms with van der Waals surface area (Å²) in [4.78, 5) is 8.85. The van der Waals surface area contributed by atoms with Gasteiger partial charge in [-0.05, 0) is 31.7 Å². The van der Waals surface area contributed by atoms with Crippen molar-refractivity contribution >= 4 is 0 Å². The Kier molecular flexibility index (Phi) is 3.88. The van der Waals surface area contributed by atoms with Gasteiger partial charge in [0.15, 0.2) is 0 Å². The number of aromatic nitrogens is 3. The highest BCUT2D eigenvalue weighted by Crippen LogP contribution is 2.40. The van der Waals surface area contributed by atoms with Crippen molar-refractivity contribution in [2.24, 2.45) is 0 Å². The summed E-state index contributed by atoms with van der Waals surface area (Å²) in [6, 6.07) is 5.61.